The molecule has 0 aromatic heterocycles. The number of hydrogen-bond acceptors (Lipinski definition) is 4. The van der Waals surface area contributed by atoms with E-state index < -0.39 is 0 Å². The van der Waals surface area contributed by atoms with Crippen LogP contribution in [0.25, 0.3) is 0 Å². The molecule has 58 valence electrons. The van der Waals surface area contributed by atoms with E-state index in [4.69, 9.17) is 0 Å². The van der Waals surface area contributed by atoms with E-state index in [1.807, 2.05) is 0 Å². The number of rotatable bonds is 0. The third kappa shape index (κ3) is 151. The molecule has 0 amide bonds. The maximum Gasteiger partial charge on any atom is 0 e. The minimum absolute atomic E-state index is 0. The summed E-state index contributed by atoms with van der Waals surface area (Å²) in [6.45, 7) is 0. The summed E-state index contributed by atoms with van der Waals surface area (Å²) < 4.78 is 0. The Balaban J connectivity index is 0. The SMILES string of the molecule is Cl.Cl.N.N.N.N.[Pt]. The molecule has 0 saturated carbocycles. The Labute approximate surface area is 70.6 Å². The van der Waals surface area contributed by atoms with Gasteiger partial charge in [0, 0.05) is 21.1 Å². The second kappa shape index (κ2) is 216. The van der Waals surface area contributed by atoms with Gasteiger partial charge in [-0.15, -0.1) is 24.8 Å². The molecule has 0 radical (unpaired) electrons. The first-order chi connectivity index (χ1) is 0. The van der Waals surface area contributed by atoms with Crippen LogP contribution < -0.4 is 24.6 Å². The minimum Gasteiger partial charge on any atom is -0.344 e. The molecule has 0 rings (SSSR count). The molecule has 0 fully saturated rings. The fourth-order valence-electron chi connectivity index (χ4n) is 0. The second-order valence-electron chi connectivity index (χ2n) is 0. The zero-order valence-electron chi connectivity index (χ0n) is 3.96. The summed E-state index contributed by atoms with van der Waals surface area (Å²) in [6.07, 6.45) is 0. The molecule has 4 nitrogen and oxygen atoms in total. The first-order valence-corrected chi connectivity index (χ1v) is 0. The van der Waals surface area contributed by atoms with Crippen molar-refractivity contribution in [2.75, 3.05) is 0 Å². The van der Waals surface area contributed by atoms with Crippen LogP contribution in [-0.2, 0) is 21.1 Å². The quantitative estimate of drug-likeness (QED) is 0.532. The van der Waals surface area contributed by atoms with Gasteiger partial charge in [-0.05, 0) is 0 Å². The molecule has 0 heterocycles. The van der Waals surface area contributed by atoms with E-state index in [2.05, 4.69) is 0 Å². The average molecular weight is 336 g/mol. The van der Waals surface area contributed by atoms with E-state index in [9.17, 15) is 0 Å². The van der Waals surface area contributed by atoms with Gasteiger partial charge in [0.05, 0.1) is 0 Å². The predicted molar refractivity (Wildman–Crippen MR) is 34.6 cm³/mol. The summed E-state index contributed by atoms with van der Waals surface area (Å²) in [5, 5.41) is 0. The third-order valence-electron chi connectivity index (χ3n) is 0. The van der Waals surface area contributed by atoms with Crippen molar-refractivity contribution in [3.05, 3.63) is 0 Å². The van der Waals surface area contributed by atoms with Crippen molar-refractivity contribution in [3.8, 4) is 0 Å². The van der Waals surface area contributed by atoms with Crippen LogP contribution in [0, 0.1) is 0 Å². The van der Waals surface area contributed by atoms with E-state index in [-0.39, 0.29) is 70.5 Å². The van der Waals surface area contributed by atoms with Crippen LogP contribution in [0.5, 0.6) is 0 Å². The smallest absolute Gasteiger partial charge is 0 e. The Kier molecular flexibility index (Phi) is 10300. The molecular formula is H14Cl2N4Pt. The summed E-state index contributed by atoms with van der Waals surface area (Å²) in [5.74, 6) is 0. The zero-order valence-corrected chi connectivity index (χ0v) is 7.87. The van der Waals surface area contributed by atoms with Crippen molar-refractivity contribution in [1.82, 2.24) is 24.6 Å². The number of hydrogen-bond donors (Lipinski definition) is 4. The summed E-state index contributed by atoms with van der Waals surface area (Å²) in [5.41, 5.74) is 0. The van der Waals surface area contributed by atoms with Crippen molar-refractivity contribution >= 4 is 24.8 Å². The molecule has 0 atom stereocenters. The molecule has 7 heavy (non-hydrogen) atoms. The molecule has 0 unspecified atom stereocenters. The fraction of sp³-hybridized carbons (Fsp3) is 0. The number of halogens is 2. The molecule has 0 spiro atoms. The van der Waals surface area contributed by atoms with Crippen LogP contribution in [0.15, 0.2) is 0 Å². The maximum atomic E-state index is 0. The average Bonchev–Trinajstić information content (AvgIpc) is 0. The molecule has 0 saturated heterocycles. The van der Waals surface area contributed by atoms with Crippen molar-refractivity contribution < 1.29 is 21.1 Å². The van der Waals surface area contributed by atoms with Crippen molar-refractivity contribution in [3.63, 3.8) is 0 Å². The van der Waals surface area contributed by atoms with Gasteiger partial charge in [-0.3, -0.25) is 0 Å². The van der Waals surface area contributed by atoms with E-state index in [0.29, 0.717) is 0 Å². The van der Waals surface area contributed by atoms with Gasteiger partial charge in [0.1, 0.15) is 0 Å². The van der Waals surface area contributed by atoms with Crippen LogP contribution >= 0.6 is 24.8 Å². The first-order valence-electron chi connectivity index (χ1n) is 0. The summed E-state index contributed by atoms with van der Waals surface area (Å²) in [7, 11) is 0. The van der Waals surface area contributed by atoms with Gasteiger partial charge in [-0.2, -0.15) is 0 Å². The van der Waals surface area contributed by atoms with E-state index in [1.165, 1.54) is 0 Å². The van der Waals surface area contributed by atoms with Crippen LogP contribution in [0.4, 0.5) is 0 Å². The van der Waals surface area contributed by atoms with Gasteiger partial charge < -0.3 is 24.6 Å². The molecule has 12 N–H and O–H groups in total. The van der Waals surface area contributed by atoms with Crippen LogP contribution in [0.3, 0.4) is 0 Å². The normalized spacial score (nSPS) is 0. The van der Waals surface area contributed by atoms with E-state index in [1.54, 1.807) is 0 Å². The molecule has 0 aromatic rings. The molecule has 0 bridgehead atoms. The van der Waals surface area contributed by atoms with Gasteiger partial charge in [-0.25, -0.2) is 0 Å². The summed E-state index contributed by atoms with van der Waals surface area (Å²) in [4.78, 5) is 0. The first kappa shape index (κ1) is 334. The molecule has 0 aliphatic heterocycles. The van der Waals surface area contributed by atoms with Gasteiger partial charge >= 0.3 is 0 Å². The zero-order chi connectivity index (χ0) is 0. The molecule has 0 aliphatic carbocycles. The van der Waals surface area contributed by atoms with E-state index in [0.717, 1.165) is 0 Å². The predicted octanol–water partition coefficient (Wildman–Crippen LogP) is 1.49. The minimum atomic E-state index is 0. The van der Waals surface area contributed by atoms with Gasteiger partial charge in [0.2, 0.25) is 0 Å². The fourth-order valence-corrected chi connectivity index (χ4v) is 0. The van der Waals surface area contributed by atoms with Crippen LogP contribution in [0.2, 0.25) is 0 Å². The van der Waals surface area contributed by atoms with Crippen LogP contribution in [0.1, 0.15) is 0 Å². The van der Waals surface area contributed by atoms with Gasteiger partial charge in [0.15, 0.2) is 0 Å². The monoisotopic (exact) mass is 335 g/mol. The van der Waals surface area contributed by atoms with Gasteiger partial charge in [-0.1, -0.05) is 0 Å². The molecule has 7 heteroatoms. The Bertz CT molecular complexity index is 9.65. The third-order valence-corrected chi connectivity index (χ3v) is 0. The van der Waals surface area contributed by atoms with Crippen molar-refractivity contribution in [2.24, 2.45) is 0 Å². The van der Waals surface area contributed by atoms with Crippen LogP contribution in [-0.4, -0.2) is 0 Å². The van der Waals surface area contributed by atoms with E-state index >= 15 is 0 Å². The van der Waals surface area contributed by atoms with Crippen molar-refractivity contribution in [1.29, 1.82) is 0 Å². The maximum absolute atomic E-state index is 0. The summed E-state index contributed by atoms with van der Waals surface area (Å²) >= 11 is 0. The summed E-state index contributed by atoms with van der Waals surface area (Å²) in [6, 6.07) is 0. The largest absolute Gasteiger partial charge is 0.344 e. The van der Waals surface area contributed by atoms with Crippen molar-refractivity contribution in [2.45, 2.75) is 0 Å². The Hall–Kier alpha value is 1.11. The molecule has 0 aromatic carbocycles. The Morgan fingerprint density at radius 3 is 0.429 bits per heavy atom. The molecular weight excluding hydrogens is 322 g/mol. The topological polar surface area (TPSA) is 140 Å². The second-order valence-corrected chi connectivity index (χ2v) is 0. The molecule has 0 aliphatic rings. The van der Waals surface area contributed by atoms with Gasteiger partial charge in [0.25, 0.3) is 0 Å². The Morgan fingerprint density at radius 1 is 0.429 bits per heavy atom. The standard InChI is InChI=1S/2ClH.4H3N.Pt/h2*1H;4*1H3;. The Morgan fingerprint density at radius 2 is 0.429 bits per heavy atom.